The summed E-state index contributed by atoms with van der Waals surface area (Å²) in [6.07, 6.45) is 1.35. The maximum atomic E-state index is 10.4. The minimum atomic E-state index is -0.713. The molecule has 0 aliphatic rings. The van der Waals surface area contributed by atoms with Crippen molar-refractivity contribution < 1.29 is 4.79 Å². The smallest absolute Gasteiger partial charge is 0.317 e. The largest absolute Gasteiger partial charge is 0.351 e. The van der Waals surface area contributed by atoms with Crippen molar-refractivity contribution >= 4 is 11.8 Å². The number of anilines is 1. The third-order valence-corrected chi connectivity index (χ3v) is 1.30. The molecule has 62 valence electrons. The molecule has 6 heteroatoms. The summed E-state index contributed by atoms with van der Waals surface area (Å²) < 4.78 is 1.36. The normalized spacial score (nSPS) is 9.00. The topological polar surface area (TPSA) is 96.7 Å². The summed E-state index contributed by atoms with van der Waals surface area (Å²) in [5, 5.41) is 14.6. The van der Waals surface area contributed by atoms with E-state index >= 15 is 0 Å². The van der Waals surface area contributed by atoms with Gasteiger partial charge in [0, 0.05) is 7.05 Å². The van der Waals surface area contributed by atoms with Gasteiger partial charge in [-0.1, -0.05) is 0 Å². The lowest BCUT2D eigenvalue weighted by Gasteiger charge is -2.00. The van der Waals surface area contributed by atoms with Crippen LogP contribution in [0.15, 0.2) is 6.20 Å². The second-order valence-electron chi connectivity index (χ2n) is 2.13. The highest BCUT2D eigenvalue weighted by atomic mass is 16.2. The Morgan fingerprint density at radius 3 is 3.08 bits per heavy atom. The lowest BCUT2D eigenvalue weighted by Crippen LogP contribution is -2.21. The second kappa shape index (κ2) is 2.92. The van der Waals surface area contributed by atoms with E-state index in [2.05, 4.69) is 10.4 Å². The van der Waals surface area contributed by atoms with Crippen molar-refractivity contribution in [1.29, 1.82) is 5.26 Å². The van der Waals surface area contributed by atoms with Crippen LogP contribution in [0.5, 0.6) is 0 Å². The van der Waals surface area contributed by atoms with Crippen LogP contribution in [0.25, 0.3) is 0 Å². The van der Waals surface area contributed by atoms with E-state index in [1.54, 1.807) is 7.05 Å². The van der Waals surface area contributed by atoms with Crippen molar-refractivity contribution in [3.05, 3.63) is 11.8 Å². The van der Waals surface area contributed by atoms with E-state index in [0.29, 0.717) is 5.82 Å². The number of hydrogen-bond acceptors (Lipinski definition) is 3. The number of urea groups is 1. The van der Waals surface area contributed by atoms with Crippen molar-refractivity contribution in [2.75, 3.05) is 5.32 Å². The first-order valence-corrected chi connectivity index (χ1v) is 3.13. The Hall–Kier alpha value is -2.03. The Morgan fingerprint density at radius 1 is 1.92 bits per heavy atom. The average molecular weight is 165 g/mol. The summed E-state index contributed by atoms with van der Waals surface area (Å²) in [7, 11) is 1.60. The van der Waals surface area contributed by atoms with Crippen LogP contribution in [0.4, 0.5) is 10.6 Å². The lowest BCUT2D eigenvalue weighted by molar-refractivity contribution is 0.259. The summed E-state index contributed by atoms with van der Waals surface area (Å²) in [5.41, 5.74) is 5.16. The summed E-state index contributed by atoms with van der Waals surface area (Å²) in [6.45, 7) is 0. The molecule has 0 aliphatic carbocycles. The maximum absolute atomic E-state index is 10.4. The number of nitriles is 1. The molecule has 0 atom stereocenters. The van der Waals surface area contributed by atoms with Gasteiger partial charge < -0.3 is 5.73 Å². The fourth-order valence-corrected chi connectivity index (χ4v) is 0.784. The molecule has 3 N–H and O–H groups in total. The van der Waals surface area contributed by atoms with Gasteiger partial charge in [-0.2, -0.15) is 10.4 Å². The van der Waals surface area contributed by atoms with Gasteiger partial charge in [0.05, 0.1) is 6.20 Å². The Labute approximate surface area is 68.6 Å². The molecule has 0 bridgehead atoms. The van der Waals surface area contributed by atoms with Crippen LogP contribution in [-0.2, 0) is 7.05 Å². The molecule has 1 rings (SSSR count). The first-order chi connectivity index (χ1) is 5.65. The van der Waals surface area contributed by atoms with E-state index in [1.807, 2.05) is 6.07 Å². The van der Waals surface area contributed by atoms with Crippen LogP contribution >= 0.6 is 0 Å². The number of nitrogens with two attached hydrogens (primary N) is 1. The Bertz CT molecular complexity index is 347. The molecule has 0 saturated carbocycles. The molecule has 6 nitrogen and oxygen atoms in total. The predicted octanol–water partition coefficient (Wildman–Crippen LogP) is -0.218. The number of primary amides is 1. The fourth-order valence-electron chi connectivity index (χ4n) is 0.784. The van der Waals surface area contributed by atoms with E-state index < -0.39 is 6.03 Å². The Morgan fingerprint density at radius 2 is 2.58 bits per heavy atom. The van der Waals surface area contributed by atoms with E-state index in [0.717, 1.165) is 0 Å². The zero-order valence-corrected chi connectivity index (χ0v) is 6.40. The summed E-state index contributed by atoms with van der Waals surface area (Å²) in [5.74, 6) is 0.310. The third-order valence-electron chi connectivity index (χ3n) is 1.30. The molecule has 2 amide bonds. The van der Waals surface area contributed by atoms with Crippen LogP contribution in [0.1, 0.15) is 5.56 Å². The van der Waals surface area contributed by atoms with Gasteiger partial charge >= 0.3 is 6.03 Å². The van der Waals surface area contributed by atoms with Crippen LogP contribution in [0, 0.1) is 11.3 Å². The molecule has 0 spiro atoms. The number of rotatable bonds is 1. The standard InChI is InChI=1S/C6H7N5O/c1-11-5(10-6(8)12)4(2-7)3-9-11/h3H,1H3,(H3,8,10,12). The van der Waals surface area contributed by atoms with Gasteiger partial charge in [-0.25, -0.2) is 4.79 Å². The van der Waals surface area contributed by atoms with Gasteiger partial charge in [0.1, 0.15) is 17.5 Å². The number of nitrogens with one attached hydrogen (secondary N) is 1. The number of nitrogens with zero attached hydrogens (tertiary/aromatic N) is 3. The van der Waals surface area contributed by atoms with E-state index in [9.17, 15) is 4.79 Å². The Balaban J connectivity index is 3.04. The summed E-state index contributed by atoms with van der Waals surface area (Å²) >= 11 is 0. The number of aryl methyl sites for hydroxylation is 1. The van der Waals surface area contributed by atoms with Crippen molar-refractivity contribution in [3.63, 3.8) is 0 Å². The second-order valence-corrected chi connectivity index (χ2v) is 2.13. The highest BCUT2D eigenvalue weighted by Gasteiger charge is 2.08. The molecule has 0 saturated heterocycles. The molecule has 0 aromatic carbocycles. The molecular formula is C6H7N5O. The lowest BCUT2D eigenvalue weighted by atomic mass is 10.3. The molecule has 0 aliphatic heterocycles. The molecule has 1 aromatic heterocycles. The third kappa shape index (κ3) is 1.34. The molecule has 1 heterocycles. The average Bonchev–Trinajstić information content (AvgIpc) is 2.32. The number of carbonyl (C=O) groups is 1. The van der Waals surface area contributed by atoms with Crippen LogP contribution in [-0.4, -0.2) is 15.8 Å². The maximum Gasteiger partial charge on any atom is 0.317 e. The van der Waals surface area contributed by atoms with E-state index in [4.69, 9.17) is 11.0 Å². The summed E-state index contributed by atoms with van der Waals surface area (Å²) in [6, 6.07) is 1.16. The van der Waals surface area contributed by atoms with E-state index in [1.165, 1.54) is 10.9 Å². The number of hydrogen-bond donors (Lipinski definition) is 2. The number of amides is 2. The van der Waals surface area contributed by atoms with Gasteiger partial charge in [-0.15, -0.1) is 0 Å². The predicted molar refractivity (Wildman–Crippen MR) is 41.1 cm³/mol. The quantitative estimate of drug-likeness (QED) is 0.602. The van der Waals surface area contributed by atoms with Crippen LogP contribution < -0.4 is 11.1 Å². The number of carbonyl (C=O) groups excluding carboxylic acids is 1. The molecule has 12 heavy (non-hydrogen) atoms. The zero-order chi connectivity index (χ0) is 9.14. The van der Waals surface area contributed by atoms with Gasteiger partial charge in [-0.3, -0.25) is 10.00 Å². The Kier molecular flexibility index (Phi) is 1.96. The first-order valence-electron chi connectivity index (χ1n) is 3.13. The zero-order valence-electron chi connectivity index (χ0n) is 6.40. The minimum Gasteiger partial charge on any atom is -0.351 e. The van der Waals surface area contributed by atoms with Gasteiger partial charge in [0.25, 0.3) is 0 Å². The van der Waals surface area contributed by atoms with Crippen LogP contribution in [0.3, 0.4) is 0 Å². The SMILES string of the molecule is Cn1ncc(C#N)c1NC(N)=O. The molecular weight excluding hydrogens is 158 g/mol. The molecule has 0 fully saturated rings. The highest BCUT2D eigenvalue weighted by Crippen LogP contribution is 2.11. The van der Waals surface area contributed by atoms with Crippen LogP contribution in [0.2, 0.25) is 0 Å². The van der Waals surface area contributed by atoms with Crippen molar-refractivity contribution in [3.8, 4) is 6.07 Å². The van der Waals surface area contributed by atoms with E-state index in [-0.39, 0.29) is 5.56 Å². The highest BCUT2D eigenvalue weighted by molar-refractivity contribution is 5.88. The van der Waals surface area contributed by atoms with Crippen molar-refractivity contribution in [2.45, 2.75) is 0 Å². The first kappa shape index (κ1) is 8.07. The summed E-state index contributed by atoms with van der Waals surface area (Å²) in [4.78, 5) is 10.4. The molecule has 0 radical (unpaired) electrons. The van der Waals surface area contributed by atoms with Gasteiger partial charge in [0.15, 0.2) is 0 Å². The minimum absolute atomic E-state index is 0.288. The van der Waals surface area contributed by atoms with Gasteiger partial charge in [0.2, 0.25) is 0 Å². The van der Waals surface area contributed by atoms with Crippen molar-refractivity contribution in [1.82, 2.24) is 9.78 Å². The number of aromatic nitrogens is 2. The van der Waals surface area contributed by atoms with Crippen molar-refractivity contribution in [2.24, 2.45) is 12.8 Å². The van der Waals surface area contributed by atoms with Gasteiger partial charge in [-0.05, 0) is 0 Å². The molecule has 0 unspecified atom stereocenters. The monoisotopic (exact) mass is 165 g/mol. The fraction of sp³-hybridized carbons (Fsp3) is 0.167. The molecule has 1 aromatic rings.